The van der Waals surface area contributed by atoms with E-state index in [1.807, 2.05) is 31.2 Å². The SMILES string of the molecule is CCCNC(=O)C(C)N(Cc1c(Cl)cccc1Cl)C(=O)CCSc1ccc(Cl)cc1. The molecule has 2 aromatic carbocycles. The zero-order valence-corrected chi connectivity index (χ0v) is 20.0. The molecule has 2 aromatic rings. The van der Waals surface area contributed by atoms with Crippen molar-refractivity contribution in [3.63, 3.8) is 0 Å². The number of hydrogen-bond donors (Lipinski definition) is 1. The van der Waals surface area contributed by atoms with Crippen LogP contribution in [0, 0.1) is 0 Å². The zero-order chi connectivity index (χ0) is 22.1. The van der Waals surface area contributed by atoms with Crippen LogP contribution in [0.25, 0.3) is 0 Å². The molecular formula is C22H25Cl3N2O2S. The van der Waals surface area contributed by atoms with Crippen molar-refractivity contribution >= 4 is 58.4 Å². The summed E-state index contributed by atoms with van der Waals surface area (Å²) in [5, 5.41) is 4.46. The van der Waals surface area contributed by atoms with Crippen LogP contribution in [0.3, 0.4) is 0 Å². The van der Waals surface area contributed by atoms with Crippen molar-refractivity contribution in [2.45, 2.75) is 44.2 Å². The van der Waals surface area contributed by atoms with Crippen LogP contribution in [-0.4, -0.2) is 35.1 Å². The lowest BCUT2D eigenvalue weighted by molar-refractivity contribution is -0.140. The number of carbonyl (C=O) groups is 2. The lowest BCUT2D eigenvalue weighted by Gasteiger charge is -2.29. The highest BCUT2D eigenvalue weighted by molar-refractivity contribution is 7.99. The normalized spacial score (nSPS) is 11.8. The molecule has 30 heavy (non-hydrogen) atoms. The predicted molar refractivity (Wildman–Crippen MR) is 127 cm³/mol. The third-order valence-electron chi connectivity index (χ3n) is 4.50. The van der Waals surface area contributed by atoms with Crippen LogP contribution in [0.4, 0.5) is 0 Å². The number of hydrogen-bond acceptors (Lipinski definition) is 3. The average Bonchev–Trinajstić information content (AvgIpc) is 2.72. The number of benzene rings is 2. The summed E-state index contributed by atoms with van der Waals surface area (Å²) >= 11 is 20.1. The molecule has 0 aromatic heterocycles. The van der Waals surface area contributed by atoms with E-state index in [1.54, 1.807) is 41.8 Å². The Morgan fingerprint density at radius 1 is 1.07 bits per heavy atom. The van der Waals surface area contributed by atoms with Gasteiger partial charge in [0.1, 0.15) is 6.04 Å². The van der Waals surface area contributed by atoms with Gasteiger partial charge in [0.25, 0.3) is 0 Å². The quantitative estimate of drug-likeness (QED) is 0.414. The molecule has 0 saturated carbocycles. The summed E-state index contributed by atoms with van der Waals surface area (Å²) in [5.74, 6) is 0.251. The second-order valence-corrected chi connectivity index (χ2v) is 9.16. The minimum absolute atomic E-state index is 0.133. The molecule has 8 heteroatoms. The number of nitrogens with one attached hydrogen (secondary N) is 1. The molecule has 1 unspecified atom stereocenters. The second-order valence-electron chi connectivity index (χ2n) is 6.74. The van der Waals surface area contributed by atoms with Crippen molar-refractivity contribution in [2.75, 3.05) is 12.3 Å². The van der Waals surface area contributed by atoms with E-state index in [4.69, 9.17) is 34.8 Å². The van der Waals surface area contributed by atoms with Crippen LogP contribution in [0.1, 0.15) is 32.3 Å². The fourth-order valence-electron chi connectivity index (χ4n) is 2.76. The fourth-order valence-corrected chi connectivity index (χ4v) is 4.25. The minimum Gasteiger partial charge on any atom is -0.354 e. The number of nitrogens with zero attached hydrogens (tertiary/aromatic N) is 1. The molecule has 1 N–H and O–H groups in total. The van der Waals surface area contributed by atoms with Crippen molar-refractivity contribution < 1.29 is 9.59 Å². The Hall–Kier alpha value is -1.40. The predicted octanol–water partition coefficient (Wildman–Crippen LogP) is 6.07. The Morgan fingerprint density at radius 2 is 1.70 bits per heavy atom. The lowest BCUT2D eigenvalue weighted by atomic mass is 10.1. The van der Waals surface area contributed by atoms with Gasteiger partial charge in [-0.2, -0.15) is 0 Å². The van der Waals surface area contributed by atoms with Gasteiger partial charge in [0.15, 0.2) is 0 Å². The highest BCUT2D eigenvalue weighted by Crippen LogP contribution is 2.27. The molecule has 0 spiro atoms. The molecule has 2 rings (SSSR count). The monoisotopic (exact) mass is 486 g/mol. The third-order valence-corrected chi connectivity index (χ3v) is 6.48. The van der Waals surface area contributed by atoms with Crippen LogP contribution in [0.5, 0.6) is 0 Å². The molecule has 1 atom stereocenters. The van der Waals surface area contributed by atoms with Gasteiger partial charge >= 0.3 is 0 Å². The standard InChI is InChI=1S/C22H25Cl3N2O2S/c1-3-12-26-22(29)15(2)27(14-18-19(24)5-4-6-20(18)25)21(28)11-13-30-17-9-7-16(23)8-10-17/h4-10,15H,3,11-14H2,1-2H3,(H,26,29). The molecular weight excluding hydrogens is 463 g/mol. The van der Waals surface area contributed by atoms with E-state index < -0.39 is 6.04 Å². The smallest absolute Gasteiger partial charge is 0.242 e. The summed E-state index contributed by atoms with van der Waals surface area (Å²) in [6.45, 7) is 4.43. The summed E-state index contributed by atoms with van der Waals surface area (Å²) in [6, 6.07) is 12.0. The molecule has 0 aliphatic rings. The average molecular weight is 488 g/mol. The van der Waals surface area contributed by atoms with Crippen molar-refractivity contribution in [1.29, 1.82) is 0 Å². The van der Waals surface area contributed by atoms with Gasteiger partial charge in [-0.15, -0.1) is 11.8 Å². The van der Waals surface area contributed by atoms with Gasteiger partial charge in [-0.05, 0) is 49.7 Å². The fraction of sp³-hybridized carbons (Fsp3) is 0.364. The van der Waals surface area contributed by atoms with Crippen molar-refractivity contribution in [3.05, 3.63) is 63.1 Å². The molecule has 0 radical (unpaired) electrons. The van der Waals surface area contributed by atoms with Crippen molar-refractivity contribution in [3.8, 4) is 0 Å². The summed E-state index contributed by atoms with van der Waals surface area (Å²) < 4.78 is 0. The van der Waals surface area contributed by atoms with Gasteiger partial charge in [0, 0.05) is 50.8 Å². The first kappa shape index (κ1) is 24.9. The topological polar surface area (TPSA) is 49.4 Å². The van der Waals surface area contributed by atoms with Gasteiger partial charge < -0.3 is 10.2 Å². The van der Waals surface area contributed by atoms with Crippen LogP contribution in [0.2, 0.25) is 15.1 Å². The number of halogens is 3. The van der Waals surface area contributed by atoms with Gasteiger partial charge in [-0.3, -0.25) is 9.59 Å². The number of rotatable bonds is 10. The van der Waals surface area contributed by atoms with Crippen molar-refractivity contribution in [2.24, 2.45) is 0 Å². The molecule has 162 valence electrons. The molecule has 0 bridgehead atoms. The summed E-state index contributed by atoms with van der Waals surface area (Å²) in [5.41, 5.74) is 0.634. The first-order valence-corrected chi connectivity index (χ1v) is 11.8. The first-order chi connectivity index (χ1) is 14.3. The molecule has 0 saturated heterocycles. The maximum Gasteiger partial charge on any atom is 0.242 e. The third kappa shape index (κ3) is 7.38. The van der Waals surface area contributed by atoms with E-state index in [9.17, 15) is 9.59 Å². The summed E-state index contributed by atoms with van der Waals surface area (Å²) in [6.07, 6.45) is 1.10. The minimum atomic E-state index is -0.642. The van der Waals surface area contributed by atoms with E-state index in [0.29, 0.717) is 32.9 Å². The van der Waals surface area contributed by atoms with E-state index in [-0.39, 0.29) is 24.8 Å². The van der Waals surface area contributed by atoms with Gasteiger partial charge in [-0.25, -0.2) is 0 Å². The Bertz CT molecular complexity index is 842. The van der Waals surface area contributed by atoms with E-state index in [0.717, 1.165) is 11.3 Å². The number of thioether (sulfide) groups is 1. The zero-order valence-electron chi connectivity index (χ0n) is 17.0. The highest BCUT2D eigenvalue weighted by atomic mass is 35.5. The molecule has 0 heterocycles. The summed E-state index contributed by atoms with van der Waals surface area (Å²) in [4.78, 5) is 28.2. The van der Waals surface area contributed by atoms with Crippen LogP contribution < -0.4 is 5.32 Å². The molecule has 0 aliphatic carbocycles. The molecule has 4 nitrogen and oxygen atoms in total. The lowest BCUT2D eigenvalue weighted by Crippen LogP contribution is -2.47. The second kappa shape index (κ2) is 12.5. The van der Waals surface area contributed by atoms with Crippen LogP contribution in [0.15, 0.2) is 47.4 Å². The Morgan fingerprint density at radius 3 is 2.30 bits per heavy atom. The maximum atomic E-state index is 13.1. The van der Waals surface area contributed by atoms with E-state index in [1.165, 1.54) is 0 Å². The summed E-state index contributed by atoms with van der Waals surface area (Å²) in [7, 11) is 0. The van der Waals surface area contributed by atoms with Gasteiger partial charge in [-0.1, -0.05) is 47.8 Å². The Kier molecular flexibility index (Phi) is 10.3. The Balaban J connectivity index is 2.11. The van der Waals surface area contributed by atoms with E-state index >= 15 is 0 Å². The highest BCUT2D eigenvalue weighted by Gasteiger charge is 2.27. The van der Waals surface area contributed by atoms with Gasteiger partial charge in [0.05, 0.1) is 0 Å². The first-order valence-electron chi connectivity index (χ1n) is 9.72. The molecule has 0 fully saturated rings. The van der Waals surface area contributed by atoms with Crippen LogP contribution >= 0.6 is 46.6 Å². The van der Waals surface area contributed by atoms with Gasteiger partial charge in [0.2, 0.25) is 11.8 Å². The maximum absolute atomic E-state index is 13.1. The van der Waals surface area contributed by atoms with E-state index in [2.05, 4.69) is 5.32 Å². The molecule has 2 amide bonds. The van der Waals surface area contributed by atoms with Crippen LogP contribution in [-0.2, 0) is 16.1 Å². The Labute approximate surface area is 197 Å². The number of amides is 2. The van der Waals surface area contributed by atoms with Crippen molar-refractivity contribution in [1.82, 2.24) is 10.2 Å². The molecule has 0 aliphatic heterocycles. The largest absolute Gasteiger partial charge is 0.354 e. The number of carbonyl (C=O) groups excluding carboxylic acids is 2.